The zero-order valence-corrected chi connectivity index (χ0v) is 8.57. The summed E-state index contributed by atoms with van der Waals surface area (Å²) in [7, 11) is 1.67. The third-order valence-corrected chi connectivity index (χ3v) is 2.00. The topological polar surface area (TPSA) is 35.2 Å². The summed E-state index contributed by atoms with van der Waals surface area (Å²) in [5.74, 6) is 0.893. The van der Waals surface area contributed by atoms with E-state index >= 15 is 0 Å². The Bertz CT molecular complexity index is 277. The molecule has 1 rings (SSSR count). The van der Waals surface area contributed by atoms with Crippen molar-refractivity contribution >= 4 is 6.08 Å². The van der Waals surface area contributed by atoms with Gasteiger partial charge in [0, 0.05) is 0 Å². The average molecular weight is 191 g/mol. The Morgan fingerprint density at radius 1 is 1.29 bits per heavy atom. The van der Waals surface area contributed by atoms with Crippen molar-refractivity contribution in [2.75, 3.05) is 13.7 Å². The largest absolute Gasteiger partial charge is 0.497 e. The van der Waals surface area contributed by atoms with Crippen molar-refractivity contribution in [2.24, 2.45) is 5.73 Å². The molecule has 0 aliphatic rings. The maximum absolute atomic E-state index is 5.40. The number of methoxy groups -OCH3 is 1. The van der Waals surface area contributed by atoms with Crippen molar-refractivity contribution in [3.63, 3.8) is 0 Å². The molecule has 0 aliphatic carbocycles. The summed E-state index contributed by atoms with van der Waals surface area (Å²) in [5.41, 5.74) is 6.59. The Balaban J connectivity index is 2.47. The SMILES string of the molecule is COc1ccc(/C=C\CCCN)cc1. The summed E-state index contributed by atoms with van der Waals surface area (Å²) in [6.45, 7) is 0.757. The van der Waals surface area contributed by atoms with Crippen LogP contribution in [0.1, 0.15) is 18.4 Å². The summed E-state index contributed by atoms with van der Waals surface area (Å²) in [5, 5.41) is 0. The van der Waals surface area contributed by atoms with Crippen LogP contribution in [-0.2, 0) is 0 Å². The molecule has 0 fully saturated rings. The van der Waals surface area contributed by atoms with E-state index in [9.17, 15) is 0 Å². The van der Waals surface area contributed by atoms with Gasteiger partial charge in [-0.05, 0) is 37.1 Å². The van der Waals surface area contributed by atoms with E-state index in [4.69, 9.17) is 10.5 Å². The van der Waals surface area contributed by atoms with Crippen molar-refractivity contribution in [1.82, 2.24) is 0 Å². The second-order valence-electron chi connectivity index (χ2n) is 3.11. The highest BCUT2D eigenvalue weighted by molar-refractivity contribution is 5.50. The quantitative estimate of drug-likeness (QED) is 0.725. The van der Waals surface area contributed by atoms with Gasteiger partial charge in [0.25, 0.3) is 0 Å². The van der Waals surface area contributed by atoms with Crippen LogP contribution in [0.25, 0.3) is 6.08 Å². The van der Waals surface area contributed by atoms with E-state index in [1.165, 1.54) is 5.56 Å². The van der Waals surface area contributed by atoms with Gasteiger partial charge in [0.15, 0.2) is 0 Å². The highest BCUT2D eigenvalue weighted by Crippen LogP contribution is 2.12. The van der Waals surface area contributed by atoms with Gasteiger partial charge in [-0.2, -0.15) is 0 Å². The maximum atomic E-state index is 5.40. The van der Waals surface area contributed by atoms with Crippen molar-refractivity contribution in [3.05, 3.63) is 35.9 Å². The number of benzene rings is 1. The van der Waals surface area contributed by atoms with Gasteiger partial charge in [-0.1, -0.05) is 24.3 Å². The van der Waals surface area contributed by atoms with E-state index in [-0.39, 0.29) is 0 Å². The lowest BCUT2D eigenvalue weighted by molar-refractivity contribution is 0.415. The van der Waals surface area contributed by atoms with Crippen LogP contribution >= 0.6 is 0 Å². The molecule has 76 valence electrons. The van der Waals surface area contributed by atoms with E-state index in [0.29, 0.717) is 0 Å². The molecule has 0 aliphatic heterocycles. The lowest BCUT2D eigenvalue weighted by atomic mass is 10.2. The van der Waals surface area contributed by atoms with E-state index in [2.05, 4.69) is 12.2 Å². The monoisotopic (exact) mass is 191 g/mol. The molecule has 2 nitrogen and oxygen atoms in total. The predicted octanol–water partition coefficient (Wildman–Crippen LogP) is 2.45. The number of ether oxygens (including phenoxy) is 1. The second-order valence-corrected chi connectivity index (χ2v) is 3.11. The molecule has 0 radical (unpaired) electrons. The molecule has 0 saturated heterocycles. The summed E-state index contributed by atoms with van der Waals surface area (Å²) < 4.78 is 5.07. The Morgan fingerprint density at radius 2 is 2.00 bits per heavy atom. The van der Waals surface area contributed by atoms with Gasteiger partial charge in [0.1, 0.15) is 5.75 Å². The molecule has 1 aromatic rings. The molecule has 0 aromatic heterocycles. The zero-order valence-electron chi connectivity index (χ0n) is 8.57. The van der Waals surface area contributed by atoms with Gasteiger partial charge in [-0.25, -0.2) is 0 Å². The molecular weight excluding hydrogens is 174 g/mol. The van der Waals surface area contributed by atoms with Gasteiger partial charge in [-0.3, -0.25) is 0 Å². The normalized spacial score (nSPS) is 10.7. The van der Waals surface area contributed by atoms with Crippen LogP contribution in [0.3, 0.4) is 0 Å². The van der Waals surface area contributed by atoms with Crippen LogP contribution in [0, 0.1) is 0 Å². The van der Waals surface area contributed by atoms with Gasteiger partial charge in [-0.15, -0.1) is 0 Å². The lowest BCUT2D eigenvalue weighted by Gasteiger charge is -1.98. The number of unbranched alkanes of at least 4 members (excludes halogenated alkanes) is 1. The lowest BCUT2D eigenvalue weighted by Crippen LogP contribution is -1.96. The molecule has 0 spiro atoms. The van der Waals surface area contributed by atoms with E-state index in [1.807, 2.05) is 24.3 Å². The van der Waals surface area contributed by atoms with Gasteiger partial charge in [0.2, 0.25) is 0 Å². The minimum atomic E-state index is 0.757. The molecule has 0 heterocycles. The molecule has 1 aromatic carbocycles. The fourth-order valence-corrected chi connectivity index (χ4v) is 1.17. The highest BCUT2D eigenvalue weighted by atomic mass is 16.5. The van der Waals surface area contributed by atoms with E-state index in [1.54, 1.807) is 7.11 Å². The van der Waals surface area contributed by atoms with Crippen LogP contribution in [0.2, 0.25) is 0 Å². The number of hydrogen-bond donors (Lipinski definition) is 1. The molecule has 0 unspecified atom stereocenters. The van der Waals surface area contributed by atoms with Crippen molar-refractivity contribution in [3.8, 4) is 5.75 Å². The van der Waals surface area contributed by atoms with Crippen molar-refractivity contribution < 1.29 is 4.74 Å². The molecule has 14 heavy (non-hydrogen) atoms. The number of nitrogens with two attached hydrogens (primary N) is 1. The molecule has 0 bridgehead atoms. The van der Waals surface area contributed by atoms with Gasteiger partial charge in [0.05, 0.1) is 7.11 Å². The predicted molar refractivity (Wildman–Crippen MR) is 60.3 cm³/mol. The smallest absolute Gasteiger partial charge is 0.118 e. The molecule has 2 N–H and O–H groups in total. The number of rotatable bonds is 5. The fourth-order valence-electron chi connectivity index (χ4n) is 1.17. The zero-order chi connectivity index (χ0) is 10.2. The van der Waals surface area contributed by atoms with Gasteiger partial charge >= 0.3 is 0 Å². The first-order chi connectivity index (χ1) is 6.86. The van der Waals surface area contributed by atoms with Crippen LogP contribution in [-0.4, -0.2) is 13.7 Å². The highest BCUT2D eigenvalue weighted by Gasteiger charge is 1.89. The first-order valence-electron chi connectivity index (χ1n) is 4.87. The summed E-state index contributed by atoms with van der Waals surface area (Å²) in [6.07, 6.45) is 6.35. The Kier molecular flexibility index (Phi) is 4.79. The molecule has 2 heteroatoms. The van der Waals surface area contributed by atoms with E-state index in [0.717, 1.165) is 25.1 Å². The Labute approximate surface area is 85.4 Å². The van der Waals surface area contributed by atoms with Gasteiger partial charge < -0.3 is 10.5 Å². The van der Waals surface area contributed by atoms with Crippen LogP contribution in [0.15, 0.2) is 30.3 Å². The third kappa shape index (κ3) is 3.62. The first-order valence-corrected chi connectivity index (χ1v) is 4.87. The van der Waals surface area contributed by atoms with Crippen LogP contribution in [0.5, 0.6) is 5.75 Å². The minimum absolute atomic E-state index is 0.757. The fraction of sp³-hybridized carbons (Fsp3) is 0.333. The summed E-state index contributed by atoms with van der Waals surface area (Å²) >= 11 is 0. The molecule has 0 amide bonds. The van der Waals surface area contributed by atoms with Crippen LogP contribution < -0.4 is 10.5 Å². The average Bonchev–Trinajstić information content (AvgIpc) is 2.25. The van der Waals surface area contributed by atoms with Crippen molar-refractivity contribution in [1.29, 1.82) is 0 Å². The minimum Gasteiger partial charge on any atom is -0.497 e. The van der Waals surface area contributed by atoms with E-state index < -0.39 is 0 Å². The van der Waals surface area contributed by atoms with Crippen LogP contribution in [0.4, 0.5) is 0 Å². The third-order valence-electron chi connectivity index (χ3n) is 2.00. The summed E-state index contributed by atoms with van der Waals surface area (Å²) in [4.78, 5) is 0. The number of allylic oxidation sites excluding steroid dienone is 1. The number of hydrogen-bond acceptors (Lipinski definition) is 2. The molecule has 0 atom stereocenters. The van der Waals surface area contributed by atoms with Crippen molar-refractivity contribution in [2.45, 2.75) is 12.8 Å². The standard InChI is InChI=1S/C12H17NO/c1-14-12-8-6-11(7-9-12)5-3-2-4-10-13/h3,5-9H,2,4,10,13H2,1H3/b5-3-. The second kappa shape index (κ2) is 6.22. The summed E-state index contributed by atoms with van der Waals surface area (Å²) in [6, 6.07) is 8.00. The Morgan fingerprint density at radius 3 is 2.57 bits per heavy atom. The first kappa shape index (κ1) is 10.8. The molecular formula is C12H17NO. The molecule has 0 saturated carbocycles. The maximum Gasteiger partial charge on any atom is 0.118 e. The Hall–Kier alpha value is -1.28.